The number of halogens is 1. The molecule has 0 amide bonds. The number of pyridine rings is 1. The molecule has 0 unspecified atom stereocenters. The average Bonchev–Trinajstić information content (AvgIpc) is 2.52. The fourth-order valence-electron chi connectivity index (χ4n) is 3.20. The topological polar surface area (TPSA) is 19.4 Å². The van der Waals surface area contributed by atoms with Gasteiger partial charge in [-0.15, -0.1) is 0 Å². The van der Waals surface area contributed by atoms with E-state index >= 15 is 0 Å². The maximum atomic E-state index is 13.7. The lowest BCUT2D eigenvalue weighted by Gasteiger charge is -2.44. The van der Waals surface area contributed by atoms with Gasteiger partial charge >= 0.3 is 0 Å². The zero-order chi connectivity index (χ0) is 16.9. The van der Waals surface area contributed by atoms with E-state index in [1.807, 2.05) is 0 Å². The van der Waals surface area contributed by atoms with Crippen molar-refractivity contribution in [1.82, 2.24) is 14.8 Å². The first-order valence-corrected chi connectivity index (χ1v) is 8.95. The van der Waals surface area contributed by atoms with Crippen LogP contribution in [0.1, 0.15) is 46.2 Å². The number of rotatable bonds is 7. The number of nitrogens with zero attached hydrogens (tertiary/aromatic N) is 3. The molecule has 0 N–H and O–H groups in total. The Hall–Kier alpha value is -1.00. The minimum Gasteiger partial charge on any atom is -0.301 e. The second-order valence-corrected chi connectivity index (χ2v) is 7.76. The summed E-state index contributed by atoms with van der Waals surface area (Å²) in [5.41, 5.74) is 0.685. The highest BCUT2D eigenvalue weighted by molar-refractivity contribution is 5.08. The third kappa shape index (κ3) is 5.54. The second-order valence-electron chi connectivity index (χ2n) is 7.76. The van der Waals surface area contributed by atoms with E-state index < -0.39 is 0 Å². The van der Waals surface area contributed by atoms with Crippen LogP contribution in [0, 0.1) is 11.7 Å². The van der Waals surface area contributed by atoms with Gasteiger partial charge in [-0.1, -0.05) is 13.8 Å². The van der Waals surface area contributed by atoms with Crippen LogP contribution in [0.2, 0.25) is 0 Å². The molecule has 0 saturated carbocycles. The van der Waals surface area contributed by atoms with Crippen LogP contribution in [-0.4, -0.2) is 53.0 Å². The third-order valence-corrected chi connectivity index (χ3v) is 5.06. The number of hydrogen-bond donors (Lipinski definition) is 0. The Balaban J connectivity index is 1.80. The number of piperazine rings is 1. The van der Waals surface area contributed by atoms with Crippen molar-refractivity contribution in [2.45, 2.75) is 52.5 Å². The van der Waals surface area contributed by atoms with Crippen LogP contribution in [0.3, 0.4) is 0 Å². The standard InChI is InChI=1S/C19H32FN3/c1-16(2)8-11-22-12-14-23(15-13-22)19(3,4)9-7-18-17(20)6-5-10-21-18/h5-6,10,16H,7-9,11-15H2,1-4H3. The van der Waals surface area contributed by atoms with E-state index in [1.165, 1.54) is 19.0 Å². The van der Waals surface area contributed by atoms with Gasteiger partial charge in [-0.2, -0.15) is 0 Å². The average molecular weight is 321 g/mol. The fraction of sp³-hybridized carbons (Fsp3) is 0.737. The molecule has 0 spiro atoms. The van der Waals surface area contributed by atoms with Crippen LogP contribution < -0.4 is 0 Å². The smallest absolute Gasteiger partial charge is 0.144 e. The van der Waals surface area contributed by atoms with Crippen LogP contribution in [0.5, 0.6) is 0 Å². The summed E-state index contributed by atoms with van der Waals surface area (Å²) in [4.78, 5) is 9.31. The van der Waals surface area contributed by atoms with Gasteiger partial charge in [0.1, 0.15) is 5.82 Å². The highest BCUT2D eigenvalue weighted by Gasteiger charge is 2.29. The molecule has 0 bridgehead atoms. The Morgan fingerprint density at radius 2 is 1.91 bits per heavy atom. The van der Waals surface area contributed by atoms with E-state index in [0.29, 0.717) is 12.1 Å². The largest absolute Gasteiger partial charge is 0.301 e. The van der Waals surface area contributed by atoms with Crippen molar-refractivity contribution < 1.29 is 4.39 Å². The van der Waals surface area contributed by atoms with Gasteiger partial charge in [0.25, 0.3) is 0 Å². The molecule has 0 radical (unpaired) electrons. The van der Waals surface area contributed by atoms with Crippen LogP contribution in [0.4, 0.5) is 4.39 Å². The van der Waals surface area contributed by atoms with Crippen molar-refractivity contribution in [1.29, 1.82) is 0 Å². The lowest BCUT2D eigenvalue weighted by atomic mass is 9.93. The summed E-state index contributed by atoms with van der Waals surface area (Å²) < 4.78 is 13.7. The Morgan fingerprint density at radius 1 is 1.22 bits per heavy atom. The SMILES string of the molecule is CC(C)CCN1CCN(C(C)(C)CCc2ncccc2F)CC1. The van der Waals surface area contributed by atoms with Gasteiger partial charge in [-0.3, -0.25) is 9.88 Å². The molecule has 130 valence electrons. The van der Waals surface area contributed by atoms with E-state index in [4.69, 9.17) is 0 Å². The molecular formula is C19H32FN3. The monoisotopic (exact) mass is 321 g/mol. The van der Waals surface area contributed by atoms with Crippen LogP contribution >= 0.6 is 0 Å². The van der Waals surface area contributed by atoms with Gasteiger partial charge in [-0.05, 0) is 57.7 Å². The molecule has 1 fully saturated rings. The van der Waals surface area contributed by atoms with Crippen LogP contribution in [-0.2, 0) is 6.42 Å². The van der Waals surface area contributed by atoms with Crippen molar-refractivity contribution in [3.8, 4) is 0 Å². The lowest BCUT2D eigenvalue weighted by molar-refractivity contribution is 0.0456. The molecule has 0 aromatic carbocycles. The first kappa shape index (κ1) is 18.3. The lowest BCUT2D eigenvalue weighted by Crippen LogP contribution is -2.54. The summed E-state index contributed by atoms with van der Waals surface area (Å²) in [5.74, 6) is 0.597. The number of aromatic nitrogens is 1. The van der Waals surface area contributed by atoms with Crippen LogP contribution in [0.15, 0.2) is 18.3 Å². The number of hydrogen-bond acceptors (Lipinski definition) is 3. The Bertz CT molecular complexity index is 479. The molecule has 0 aliphatic carbocycles. The molecule has 0 atom stereocenters. The second kappa shape index (κ2) is 8.20. The minimum absolute atomic E-state index is 0.0914. The van der Waals surface area contributed by atoms with E-state index in [1.54, 1.807) is 12.3 Å². The summed E-state index contributed by atoms with van der Waals surface area (Å²) >= 11 is 0. The molecule has 1 saturated heterocycles. The Kier molecular flexibility index (Phi) is 6.54. The predicted molar refractivity (Wildman–Crippen MR) is 94.1 cm³/mol. The maximum absolute atomic E-state index is 13.7. The van der Waals surface area contributed by atoms with E-state index in [2.05, 4.69) is 42.5 Å². The summed E-state index contributed by atoms with van der Waals surface area (Å²) in [7, 11) is 0. The first-order chi connectivity index (χ1) is 10.9. The maximum Gasteiger partial charge on any atom is 0.144 e. The molecule has 1 aromatic heterocycles. The summed E-state index contributed by atoms with van der Waals surface area (Å²) in [5, 5.41) is 0. The highest BCUT2D eigenvalue weighted by atomic mass is 19.1. The van der Waals surface area contributed by atoms with Crippen LogP contribution in [0.25, 0.3) is 0 Å². The summed E-state index contributed by atoms with van der Waals surface area (Å²) in [6.45, 7) is 14.8. The number of aryl methyl sites for hydroxylation is 1. The zero-order valence-electron chi connectivity index (χ0n) is 15.2. The van der Waals surface area contributed by atoms with E-state index in [0.717, 1.165) is 38.5 Å². The first-order valence-electron chi connectivity index (χ1n) is 8.95. The van der Waals surface area contributed by atoms with Gasteiger partial charge in [0, 0.05) is 37.9 Å². The highest BCUT2D eigenvalue weighted by Crippen LogP contribution is 2.23. The van der Waals surface area contributed by atoms with Gasteiger partial charge in [0.15, 0.2) is 0 Å². The van der Waals surface area contributed by atoms with Crippen molar-refractivity contribution in [2.24, 2.45) is 5.92 Å². The zero-order valence-corrected chi connectivity index (χ0v) is 15.2. The van der Waals surface area contributed by atoms with E-state index in [-0.39, 0.29) is 11.4 Å². The van der Waals surface area contributed by atoms with Crippen molar-refractivity contribution >= 4 is 0 Å². The van der Waals surface area contributed by atoms with Gasteiger partial charge < -0.3 is 4.90 Å². The summed E-state index contributed by atoms with van der Waals surface area (Å²) in [6, 6.07) is 3.16. The molecule has 4 heteroatoms. The molecule has 1 aliphatic heterocycles. The molecule has 1 aromatic rings. The molecular weight excluding hydrogens is 289 g/mol. The third-order valence-electron chi connectivity index (χ3n) is 5.06. The van der Waals surface area contributed by atoms with E-state index in [9.17, 15) is 4.39 Å². The molecule has 3 nitrogen and oxygen atoms in total. The predicted octanol–water partition coefficient (Wildman–Crippen LogP) is 3.60. The summed E-state index contributed by atoms with van der Waals surface area (Å²) in [6.07, 6.45) is 4.60. The van der Waals surface area contributed by atoms with Gasteiger partial charge in [0.2, 0.25) is 0 Å². The molecule has 2 rings (SSSR count). The van der Waals surface area contributed by atoms with Gasteiger partial charge in [0.05, 0.1) is 5.69 Å². The van der Waals surface area contributed by atoms with Gasteiger partial charge in [-0.25, -0.2) is 4.39 Å². The fourth-order valence-corrected chi connectivity index (χ4v) is 3.20. The molecule has 2 heterocycles. The molecule has 1 aliphatic rings. The van der Waals surface area contributed by atoms with Crippen molar-refractivity contribution in [3.63, 3.8) is 0 Å². The van der Waals surface area contributed by atoms with Crippen molar-refractivity contribution in [2.75, 3.05) is 32.7 Å². The Labute approximate surface area is 140 Å². The normalized spacial score (nSPS) is 17.8. The van der Waals surface area contributed by atoms with Crippen molar-refractivity contribution in [3.05, 3.63) is 29.8 Å². The molecule has 23 heavy (non-hydrogen) atoms. The minimum atomic E-state index is -0.179. The quantitative estimate of drug-likeness (QED) is 0.765. The Morgan fingerprint density at radius 3 is 2.52 bits per heavy atom.